The summed E-state index contributed by atoms with van der Waals surface area (Å²) in [6.07, 6.45) is 4.17. The van der Waals surface area contributed by atoms with E-state index in [2.05, 4.69) is 49.2 Å². The molecule has 36 heavy (non-hydrogen) atoms. The SMILES string of the molecule is C[C@@H]1CN(c2nc(C3CC(C)(C)CCC3O)ccc2C(=O)NS(=O)(=O)c2cccnc2N)C(C)(C)C1. The van der Waals surface area contributed by atoms with Gasteiger partial charge in [-0.05, 0) is 75.1 Å². The smallest absolute Gasteiger partial charge is 0.268 e. The standard InChI is InChI=1S/C26H37N5O4S/c1-16-13-26(4,5)31(15-16)23-17(24(33)30-36(34,35)21-7-6-12-28-22(21)27)8-9-19(29-23)18-14-25(2,3)11-10-20(18)32/h6-9,12,16,18,20,32H,10-11,13-15H2,1-5H3,(H2,27,28)(H,30,33)/t16-,18?,20?/m0/s1. The maximum atomic E-state index is 13.4. The summed E-state index contributed by atoms with van der Waals surface area (Å²) in [6, 6.07) is 6.12. The van der Waals surface area contributed by atoms with Crippen molar-refractivity contribution < 1.29 is 18.3 Å². The second-order valence-electron chi connectivity index (χ2n) is 11.7. The zero-order valence-corrected chi connectivity index (χ0v) is 22.5. The van der Waals surface area contributed by atoms with Crippen LogP contribution < -0.4 is 15.4 Å². The van der Waals surface area contributed by atoms with Crippen molar-refractivity contribution in [2.75, 3.05) is 17.2 Å². The van der Waals surface area contributed by atoms with Gasteiger partial charge in [0.05, 0.1) is 11.7 Å². The van der Waals surface area contributed by atoms with E-state index < -0.39 is 22.0 Å². The summed E-state index contributed by atoms with van der Waals surface area (Å²) in [7, 11) is -4.25. The fourth-order valence-corrected chi connectivity index (χ4v) is 6.80. The molecule has 3 heterocycles. The van der Waals surface area contributed by atoms with Crippen molar-refractivity contribution >= 4 is 27.6 Å². The Balaban J connectivity index is 1.75. The summed E-state index contributed by atoms with van der Waals surface area (Å²) >= 11 is 0. The molecule has 1 amide bonds. The van der Waals surface area contributed by atoms with E-state index in [4.69, 9.17) is 10.7 Å². The number of aliphatic hydroxyl groups excluding tert-OH is 1. The van der Waals surface area contributed by atoms with Crippen molar-refractivity contribution in [2.24, 2.45) is 11.3 Å². The number of sulfonamides is 1. The Labute approximate surface area is 213 Å². The van der Waals surface area contributed by atoms with Crippen LogP contribution in [0, 0.1) is 11.3 Å². The van der Waals surface area contributed by atoms with E-state index >= 15 is 0 Å². The zero-order chi connectivity index (χ0) is 26.5. The van der Waals surface area contributed by atoms with E-state index in [1.54, 1.807) is 12.1 Å². The lowest BCUT2D eigenvalue weighted by Gasteiger charge is -2.39. The number of aliphatic hydroxyl groups is 1. The molecule has 2 aromatic rings. The highest BCUT2D eigenvalue weighted by Crippen LogP contribution is 2.44. The van der Waals surface area contributed by atoms with E-state index in [0.29, 0.717) is 24.7 Å². The first-order valence-corrected chi connectivity index (χ1v) is 13.9. The molecule has 1 aliphatic heterocycles. The Bertz CT molecular complexity index is 1260. The number of aromatic nitrogens is 2. The molecule has 1 aliphatic carbocycles. The molecule has 0 bridgehead atoms. The Morgan fingerprint density at radius 2 is 1.92 bits per heavy atom. The molecule has 4 rings (SSSR count). The van der Waals surface area contributed by atoms with E-state index in [1.165, 1.54) is 18.3 Å². The summed E-state index contributed by atoms with van der Waals surface area (Å²) < 4.78 is 28.1. The lowest BCUT2D eigenvalue weighted by atomic mass is 9.70. The molecule has 196 valence electrons. The van der Waals surface area contributed by atoms with Gasteiger partial charge in [0, 0.05) is 29.9 Å². The van der Waals surface area contributed by atoms with Crippen molar-refractivity contribution in [2.45, 2.75) is 82.8 Å². The van der Waals surface area contributed by atoms with Crippen LogP contribution in [0.2, 0.25) is 0 Å². The Morgan fingerprint density at radius 3 is 2.56 bits per heavy atom. The number of rotatable bonds is 5. The Hall–Kier alpha value is -2.72. The van der Waals surface area contributed by atoms with Gasteiger partial charge in [-0.2, -0.15) is 0 Å². The number of hydrogen-bond acceptors (Lipinski definition) is 8. The largest absolute Gasteiger partial charge is 0.392 e. The van der Waals surface area contributed by atoms with Gasteiger partial charge in [-0.15, -0.1) is 0 Å². The summed E-state index contributed by atoms with van der Waals surface area (Å²) in [4.78, 5) is 24.0. The van der Waals surface area contributed by atoms with E-state index in [9.17, 15) is 18.3 Å². The predicted octanol–water partition coefficient (Wildman–Crippen LogP) is 3.46. The van der Waals surface area contributed by atoms with Crippen LogP contribution in [0.25, 0.3) is 0 Å². The molecule has 0 radical (unpaired) electrons. The minimum atomic E-state index is -4.25. The number of carbonyl (C=O) groups is 1. The fraction of sp³-hybridized carbons (Fsp3) is 0.577. The van der Waals surface area contributed by atoms with Crippen LogP contribution in [-0.4, -0.2) is 47.6 Å². The lowest BCUT2D eigenvalue weighted by molar-refractivity contribution is 0.0549. The molecule has 0 spiro atoms. The summed E-state index contributed by atoms with van der Waals surface area (Å²) in [5, 5.41) is 10.8. The van der Waals surface area contributed by atoms with Crippen molar-refractivity contribution in [3.8, 4) is 0 Å². The molecule has 2 unspecified atom stereocenters. The minimum Gasteiger partial charge on any atom is -0.392 e. The maximum Gasteiger partial charge on any atom is 0.268 e. The van der Waals surface area contributed by atoms with Crippen LogP contribution in [0.4, 0.5) is 11.6 Å². The van der Waals surface area contributed by atoms with Crippen LogP contribution in [0.1, 0.15) is 82.3 Å². The number of amides is 1. The number of nitrogens with zero attached hydrogens (tertiary/aromatic N) is 3. The first-order valence-electron chi connectivity index (χ1n) is 12.4. The highest BCUT2D eigenvalue weighted by Gasteiger charge is 2.41. The first-order chi connectivity index (χ1) is 16.7. The van der Waals surface area contributed by atoms with Crippen molar-refractivity contribution in [1.82, 2.24) is 14.7 Å². The Kier molecular flexibility index (Phi) is 6.81. The lowest BCUT2D eigenvalue weighted by Crippen LogP contribution is -2.41. The van der Waals surface area contributed by atoms with Gasteiger partial charge in [-0.25, -0.2) is 23.1 Å². The molecule has 3 atom stereocenters. The molecule has 10 heteroatoms. The third-order valence-corrected chi connectivity index (χ3v) is 8.90. The van der Waals surface area contributed by atoms with Gasteiger partial charge < -0.3 is 15.7 Å². The number of carbonyl (C=O) groups excluding carboxylic acids is 1. The van der Waals surface area contributed by atoms with Crippen molar-refractivity contribution in [3.63, 3.8) is 0 Å². The molecule has 0 aromatic carbocycles. The number of pyridine rings is 2. The number of nitrogen functional groups attached to an aromatic ring is 1. The van der Waals surface area contributed by atoms with E-state index in [-0.39, 0.29) is 33.1 Å². The maximum absolute atomic E-state index is 13.4. The number of nitrogens with one attached hydrogen (secondary N) is 1. The summed E-state index contributed by atoms with van der Waals surface area (Å²) in [6.45, 7) is 11.4. The van der Waals surface area contributed by atoms with Gasteiger partial charge in [0.1, 0.15) is 16.5 Å². The van der Waals surface area contributed by atoms with Gasteiger partial charge in [0.25, 0.3) is 15.9 Å². The van der Waals surface area contributed by atoms with Crippen LogP contribution in [0.5, 0.6) is 0 Å². The van der Waals surface area contributed by atoms with E-state index in [1.807, 2.05) is 0 Å². The summed E-state index contributed by atoms with van der Waals surface area (Å²) in [5.41, 5.74) is 6.43. The van der Waals surface area contributed by atoms with Crippen molar-refractivity contribution in [1.29, 1.82) is 0 Å². The molecule has 2 aromatic heterocycles. The quantitative estimate of drug-likeness (QED) is 0.550. The van der Waals surface area contributed by atoms with Gasteiger partial charge in [0.2, 0.25) is 0 Å². The average molecular weight is 516 g/mol. The normalized spacial score (nSPS) is 25.5. The van der Waals surface area contributed by atoms with Gasteiger partial charge in [0.15, 0.2) is 0 Å². The monoisotopic (exact) mass is 515 g/mol. The van der Waals surface area contributed by atoms with Gasteiger partial charge >= 0.3 is 0 Å². The zero-order valence-electron chi connectivity index (χ0n) is 21.7. The molecule has 2 aliphatic rings. The van der Waals surface area contributed by atoms with Crippen LogP contribution in [-0.2, 0) is 10.0 Å². The number of nitrogens with two attached hydrogens (primary N) is 1. The highest BCUT2D eigenvalue weighted by atomic mass is 32.2. The second kappa shape index (κ2) is 9.30. The average Bonchev–Trinajstić information content (AvgIpc) is 3.06. The third kappa shape index (κ3) is 5.20. The topological polar surface area (TPSA) is 139 Å². The van der Waals surface area contributed by atoms with Crippen LogP contribution in [0.15, 0.2) is 35.4 Å². The van der Waals surface area contributed by atoms with Crippen LogP contribution >= 0.6 is 0 Å². The van der Waals surface area contributed by atoms with Gasteiger partial charge in [-0.3, -0.25) is 4.79 Å². The van der Waals surface area contributed by atoms with Gasteiger partial charge in [-0.1, -0.05) is 20.8 Å². The molecule has 2 fully saturated rings. The van der Waals surface area contributed by atoms with E-state index in [0.717, 1.165) is 25.0 Å². The fourth-order valence-electron chi connectivity index (χ4n) is 5.75. The summed E-state index contributed by atoms with van der Waals surface area (Å²) in [5.74, 6) is -0.322. The Morgan fingerprint density at radius 1 is 1.19 bits per heavy atom. The molecule has 4 N–H and O–H groups in total. The molecule has 9 nitrogen and oxygen atoms in total. The predicted molar refractivity (Wildman–Crippen MR) is 139 cm³/mol. The number of hydrogen-bond donors (Lipinski definition) is 3. The second-order valence-corrected chi connectivity index (χ2v) is 13.4. The highest BCUT2D eigenvalue weighted by molar-refractivity contribution is 7.90. The molecular formula is C26H37N5O4S. The third-order valence-electron chi connectivity index (χ3n) is 7.52. The minimum absolute atomic E-state index is 0.0704. The molecule has 1 saturated heterocycles. The number of anilines is 2. The van der Waals surface area contributed by atoms with Crippen molar-refractivity contribution in [3.05, 3.63) is 41.7 Å². The first kappa shape index (κ1) is 26.3. The molecular weight excluding hydrogens is 478 g/mol. The van der Waals surface area contributed by atoms with Crippen LogP contribution in [0.3, 0.4) is 0 Å². The molecule has 1 saturated carbocycles.